The van der Waals surface area contributed by atoms with Crippen LogP contribution in [0, 0.1) is 0 Å². The zero-order chi connectivity index (χ0) is 20.0. The lowest BCUT2D eigenvalue weighted by molar-refractivity contribution is -0.137. The standard InChI is InChI=1S/C21H19ClN2O4/c1-11(25)14-6-16-19-17(26)7-13(8-18(27)28)20(19)24(21(16)23-9-14)10-12-2-4-15(22)5-3-12/h2-6,9,13,17,26H,7-8,10H2,1H3,(H,27,28). The fourth-order valence-corrected chi connectivity index (χ4v) is 4.20. The summed E-state index contributed by atoms with van der Waals surface area (Å²) in [5.74, 6) is -1.33. The second-order valence-corrected chi connectivity index (χ2v) is 7.65. The Morgan fingerprint density at radius 2 is 2.00 bits per heavy atom. The number of halogens is 1. The van der Waals surface area contributed by atoms with Crippen molar-refractivity contribution in [2.24, 2.45) is 0 Å². The number of carbonyl (C=O) groups excluding carboxylic acids is 1. The van der Waals surface area contributed by atoms with Crippen LogP contribution in [0.3, 0.4) is 0 Å². The van der Waals surface area contributed by atoms with E-state index in [-0.39, 0.29) is 18.1 Å². The summed E-state index contributed by atoms with van der Waals surface area (Å²) in [6.45, 7) is 1.94. The molecule has 0 aliphatic heterocycles. The summed E-state index contributed by atoms with van der Waals surface area (Å²) in [4.78, 5) is 27.7. The number of aliphatic hydroxyl groups is 1. The van der Waals surface area contributed by atoms with Crippen molar-refractivity contribution >= 4 is 34.4 Å². The Morgan fingerprint density at radius 1 is 1.29 bits per heavy atom. The highest BCUT2D eigenvalue weighted by Crippen LogP contribution is 2.47. The molecule has 2 N–H and O–H groups in total. The monoisotopic (exact) mass is 398 g/mol. The van der Waals surface area contributed by atoms with Crippen LogP contribution in [0.15, 0.2) is 36.5 Å². The number of carbonyl (C=O) groups is 2. The summed E-state index contributed by atoms with van der Waals surface area (Å²) in [7, 11) is 0. The van der Waals surface area contributed by atoms with Crippen molar-refractivity contribution < 1.29 is 19.8 Å². The fraction of sp³-hybridized carbons (Fsp3) is 0.286. The smallest absolute Gasteiger partial charge is 0.304 e. The lowest BCUT2D eigenvalue weighted by atomic mass is 10.0. The van der Waals surface area contributed by atoms with E-state index in [9.17, 15) is 19.8 Å². The normalized spacial score (nSPS) is 18.4. The molecule has 3 aromatic rings. The highest BCUT2D eigenvalue weighted by molar-refractivity contribution is 6.30. The number of aliphatic carboxylic acids is 1. The quantitative estimate of drug-likeness (QED) is 0.635. The molecular weight excluding hydrogens is 380 g/mol. The molecule has 2 atom stereocenters. The van der Waals surface area contributed by atoms with Crippen molar-refractivity contribution in [1.82, 2.24) is 9.55 Å². The van der Waals surface area contributed by atoms with Crippen LogP contribution in [0.2, 0.25) is 5.02 Å². The Kier molecular flexibility index (Phi) is 4.69. The average Bonchev–Trinajstić information content (AvgIpc) is 3.12. The number of benzene rings is 1. The van der Waals surface area contributed by atoms with Gasteiger partial charge >= 0.3 is 5.97 Å². The van der Waals surface area contributed by atoms with Gasteiger partial charge in [-0.3, -0.25) is 9.59 Å². The van der Waals surface area contributed by atoms with Gasteiger partial charge in [0.25, 0.3) is 0 Å². The second-order valence-electron chi connectivity index (χ2n) is 7.21. The SMILES string of the molecule is CC(=O)c1cnc2c(c1)c1c(n2Cc2ccc(Cl)cc2)C(CC(=O)O)CC1O. The number of hydrogen-bond donors (Lipinski definition) is 2. The third-order valence-corrected chi connectivity index (χ3v) is 5.54. The Bertz CT molecular complexity index is 1090. The third kappa shape index (κ3) is 3.19. The number of aliphatic hydroxyl groups excluding tert-OH is 1. The molecule has 0 fully saturated rings. The van der Waals surface area contributed by atoms with Crippen LogP contribution < -0.4 is 0 Å². The van der Waals surface area contributed by atoms with E-state index in [0.29, 0.717) is 40.1 Å². The van der Waals surface area contributed by atoms with Crippen LogP contribution in [0.25, 0.3) is 11.0 Å². The van der Waals surface area contributed by atoms with Crippen molar-refractivity contribution in [2.75, 3.05) is 0 Å². The van der Waals surface area contributed by atoms with Crippen molar-refractivity contribution in [3.05, 3.63) is 63.9 Å². The maximum atomic E-state index is 11.8. The van der Waals surface area contributed by atoms with E-state index in [0.717, 1.165) is 11.3 Å². The molecule has 0 saturated heterocycles. The maximum Gasteiger partial charge on any atom is 0.304 e. The minimum atomic E-state index is -0.911. The Labute approximate surface area is 166 Å². The predicted octanol–water partition coefficient (Wildman–Crippen LogP) is 3.94. The number of carboxylic acid groups (broad SMARTS) is 1. The fourth-order valence-electron chi connectivity index (χ4n) is 4.07. The van der Waals surface area contributed by atoms with Crippen molar-refractivity contribution in [2.45, 2.75) is 38.3 Å². The molecule has 28 heavy (non-hydrogen) atoms. The van der Waals surface area contributed by atoms with E-state index in [1.165, 1.54) is 13.1 Å². The first-order chi connectivity index (χ1) is 13.3. The van der Waals surface area contributed by atoms with Gasteiger partial charge in [0, 0.05) is 45.9 Å². The minimum Gasteiger partial charge on any atom is -0.481 e. The summed E-state index contributed by atoms with van der Waals surface area (Å²) in [6, 6.07) is 9.15. The minimum absolute atomic E-state index is 0.0689. The number of aromatic nitrogens is 2. The van der Waals surface area contributed by atoms with E-state index in [1.54, 1.807) is 18.2 Å². The molecule has 2 aromatic heterocycles. The molecule has 1 aromatic carbocycles. The van der Waals surface area contributed by atoms with E-state index in [2.05, 4.69) is 4.98 Å². The molecule has 1 aliphatic carbocycles. The molecule has 0 bridgehead atoms. The molecular formula is C21H19ClN2O4. The molecule has 6 nitrogen and oxygen atoms in total. The number of rotatable bonds is 5. The zero-order valence-electron chi connectivity index (χ0n) is 15.2. The first-order valence-electron chi connectivity index (χ1n) is 9.02. The average molecular weight is 399 g/mol. The van der Waals surface area contributed by atoms with Gasteiger partial charge in [0.15, 0.2) is 5.78 Å². The van der Waals surface area contributed by atoms with Gasteiger partial charge in [0.1, 0.15) is 5.65 Å². The molecule has 0 saturated carbocycles. The number of hydrogen-bond acceptors (Lipinski definition) is 4. The summed E-state index contributed by atoms with van der Waals surface area (Å²) in [5, 5.41) is 21.3. The Hall–Kier alpha value is -2.70. The van der Waals surface area contributed by atoms with Crippen LogP contribution in [0.1, 0.15) is 59.0 Å². The largest absolute Gasteiger partial charge is 0.481 e. The lowest BCUT2D eigenvalue weighted by Gasteiger charge is -2.15. The van der Waals surface area contributed by atoms with Gasteiger partial charge < -0.3 is 14.8 Å². The molecule has 0 amide bonds. The first-order valence-corrected chi connectivity index (χ1v) is 9.40. The van der Waals surface area contributed by atoms with E-state index >= 15 is 0 Å². The van der Waals surface area contributed by atoms with Crippen LogP contribution in [0.5, 0.6) is 0 Å². The number of pyridine rings is 1. The predicted molar refractivity (Wildman–Crippen MR) is 105 cm³/mol. The van der Waals surface area contributed by atoms with Crippen LogP contribution in [-0.2, 0) is 11.3 Å². The molecule has 0 spiro atoms. The summed E-state index contributed by atoms with van der Waals surface area (Å²) < 4.78 is 1.96. The van der Waals surface area contributed by atoms with Gasteiger partial charge in [0.2, 0.25) is 0 Å². The first kappa shape index (κ1) is 18.7. The third-order valence-electron chi connectivity index (χ3n) is 5.29. The van der Waals surface area contributed by atoms with Gasteiger partial charge in [-0.15, -0.1) is 0 Å². The van der Waals surface area contributed by atoms with Gasteiger partial charge in [0.05, 0.1) is 12.5 Å². The molecule has 144 valence electrons. The molecule has 7 heteroatoms. The van der Waals surface area contributed by atoms with Gasteiger partial charge in [-0.1, -0.05) is 23.7 Å². The van der Waals surface area contributed by atoms with E-state index < -0.39 is 12.1 Å². The molecule has 2 heterocycles. The summed E-state index contributed by atoms with van der Waals surface area (Å²) in [5.41, 5.74) is 3.56. The topological polar surface area (TPSA) is 92.4 Å². The van der Waals surface area contributed by atoms with Gasteiger partial charge in [-0.05, 0) is 37.1 Å². The van der Waals surface area contributed by atoms with Crippen molar-refractivity contribution in [3.63, 3.8) is 0 Å². The molecule has 4 rings (SSSR count). The van der Waals surface area contributed by atoms with Crippen LogP contribution >= 0.6 is 11.6 Å². The molecule has 1 aliphatic rings. The number of ketones is 1. The number of nitrogens with zero attached hydrogens (tertiary/aromatic N) is 2. The van der Waals surface area contributed by atoms with Gasteiger partial charge in [-0.25, -0.2) is 4.98 Å². The van der Waals surface area contributed by atoms with E-state index in [1.807, 2.05) is 16.7 Å². The Balaban J connectivity index is 1.92. The van der Waals surface area contributed by atoms with Crippen LogP contribution in [-0.4, -0.2) is 31.5 Å². The molecule has 2 unspecified atom stereocenters. The summed E-state index contributed by atoms with van der Waals surface area (Å²) >= 11 is 5.98. The highest BCUT2D eigenvalue weighted by Gasteiger charge is 2.37. The van der Waals surface area contributed by atoms with Crippen LogP contribution in [0.4, 0.5) is 0 Å². The van der Waals surface area contributed by atoms with Crippen molar-refractivity contribution in [1.29, 1.82) is 0 Å². The number of carboxylic acids is 1. The lowest BCUT2D eigenvalue weighted by Crippen LogP contribution is -2.11. The summed E-state index contributed by atoms with van der Waals surface area (Å²) in [6.07, 6.45) is 1.02. The Morgan fingerprint density at radius 3 is 2.64 bits per heavy atom. The van der Waals surface area contributed by atoms with E-state index in [4.69, 9.17) is 11.6 Å². The van der Waals surface area contributed by atoms with Crippen molar-refractivity contribution in [3.8, 4) is 0 Å². The van der Waals surface area contributed by atoms with Gasteiger partial charge in [-0.2, -0.15) is 0 Å². The number of Topliss-reactive ketones (excluding diaryl/α,β-unsaturated/α-hetero) is 1. The second kappa shape index (κ2) is 7.04. The number of fused-ring (bicyclic) bond motifs is 3. The maximum absolute atomic E-state index is 11.8. The highest BCUT2D eigenvalue weighted by atomic mass is 35.5. The zero-order valence-corrected chi connectivity index (χ0v) is 16.0. The molecule has 0 radical (unpaired) electrons.